The van der Waals surface area contributed by atoms with Crippen molar-refractivity contribution in [2.75, 3.05) is 6.61 Å². The van der Waals surface area contributed by atoms with E-state index in [-0.39, 0.29) is 6.61 Å². The molecule has 0 N–H and O–H groups in total. The molecule has 0 atom stereocenters. The van der Waals surface area contributed by atoms with Crippen LogP contribution in [-0.2, 0) is 4.79 Å². The Bertz CT molecular complexity index is 653. The second-order valence-corrected chi connectivity index (χ2v) is 4.87. The van der Waals surface area contributed by atoms with E-state index in [2.05, 4.69) is 0 Å². The molecule has 0 aliphatic carbocycles. The van der Waals surface area contributed by atoms with Gasteiger partial charge in [0.2, 0.25) is 0 Å². The van der Waals surface area contributed by atoms with Gasteiger partial charge in [-0.05, 0) is 42.5 Å². The smallest absolute Gasteiger partial charge is 0.349 e. The summed E-state index contributed by atoms with van der Waals surface area (Å²) in [6.07, 6.45) is 0.706. The SMILES string of the molecule is O=Cc1ccc(OC(=O)COc2ccc(Cl)cc2Cl)cc1. The van der Waals surface area contributed by atoms with Crippen molar-refractivity contribution in [1.82, 2.24) is 0 Å². The summed E-state index contributed by atoms with van der Waals surface area (Å²) >= 11 is 11.7. The minimum absolute atomic E-state index is 0.295. The minimum atomic E-state index is -0.583. The Morgan fingerprint density at radius 3 is 2.43 bits per heavy atom. The average molecular weight is 325 g/mol. The summed E-state index contributed by atoms with van der Waals surface area (Å²) in [6.45, 7) is -0.295. The second-order valence-electron chi connectivity index (χ2n) is 4.02. The van der Waals surface area contributed by atoms with E-state index in [0.29, 0.717) is 33.4 Å². The summed E-state index contributed by atoms with van der Waals surface area (Å²) < 4.78 is 10.3. The predicted molar refractivity (Wildman–Crippen MR) is 79.4 cm³/mol. The molecule has 0 saturated carbocycles. The molecule has 0 saturated heterocycles. The van der Waals surface area contributed by atoms with Gasteiger partial charge in [0.25, 0.3) is 0 Å². The van der Waals surface area contributed by atoms with Gasteiger partial charge in [-0.2, -0.15) is 0 Å². The Hall–Kier alpha value is -2.04. The van der Waals surface area contributed by atoms with E-state index >= 15 is 0 Å². The first kappa shape index (κ1) is 15.4. The number of hydrogen-bond acceptors (Lipinski definition) is 4. The van der Waals surface area contributed by atoms with Crippen LogP contribution in [0, 0.1) is 0 Å². The third-order valence-corrected chi connectivity index (χ3v) is 3.02. The van der Waals surface area contributed by atoms with Crippen molar-refractivity contribution in [1.29, 1.82) is 0 Å². The number of benzene rings is 2. The standard InChI is InChI=1S/C15H10Cl2O4/c16-11-3-6-14(13(17)7-11)20-9-15(19)21-12-4-1-10(8-18)2-5-12/h1-8H,9H2. The van der Waals surface area contributed by atoms with Crippen LogP contribution >= 0.6 is 23.2 Å². The normalized spacial score (nSPS) is 10.0. The lowest BCUT2D eigenvalue weighted by atomic mass is 10.2. The highest BCUT2D eigenvalue weighted by Gasteiger charge is 2.08. The number of aldehydes is 1. The summed E-state index contributed by atoms with van der Waals surface area (Å²) in [4.78, 5) is 22.1. The number of hydrogen-bond donors (Lipinski definition) is 0. The lowest BCUT2D eigenvalue weighted by Crippen LogP contribution is -2.17. The van der Waals surface area contributed by atoms with Gasteiger partial charge in [0.05, 0.1) is 5.02 Å². The van der Waals surface area contributed by atoms with Crippen molar-refractivity contribution in [3.63, 3.8) is 0 Å². The van der Waals surface area contributed by atoms with E-state index in [4.69, 9.17) is 32.7 Å². The zero-order chi connectivity index (χ0) is 15.2. The fourth-order valence-electron chi connectivity index (χ4n) is 1.50. The molecule has 0 unspecified atom stereocenters. The predicted octanol–water partition coefficient (Wildman–Crippen LogP) is 3.79. The van der Waals surface area contributed by atoms with Gasteiger partial charge in [-0.1, -0.05) is 23.2 Å². The van der Waals surface area contributed by atoms with Gasteiger partial charge in [0.1, 0.15) is 17.8 Å². The molecule has 0 bridgehead atoms. The fraction of sp³-hybridized carbons (Fsp3) is 0.0667. The Morgan fingerprint density at radius 1 is 1.10 bits per heavy atom. The Labute approximate surface area is 131 Å². The first-order chi connectivity index (χ1) is 10.1. The summed E-state index contributed by atoms with van der Waals surface area (Å²) in [6, 6.07) is 10.8. The highest BCUT2D eigenvalue weighted by Crippen LogP contribution is 2.27. The van der Waals surface area contributed by atoms with Crippen molar-refractivity contribution in [3.05, 3.63) is 58.1 Å². The van der Waals surface area contributed by atoms with Gasteiger partial charge < -0.3 is 9.47 Å². The number of esters is 1. The quantitative estimate of drug-likeness (QED) is 0.477. The molecule has 2 aromatic carbocycles. The van der Waals surface area contributed by atoms with Gasteiger partial charge in [-0.15, -0.1) is 0 Å². The lowest BCUT2D eigenvalue weighted by Gasteiger charge is -2.08. The summed E-state index contributed by atoms with van der Waals surface area (Å²) in [5.74, 6) is 0.0885. The molecular weight excluding hydrogens is 315 g/mol. The molecule has 0 heterocycles. The zero-order valence-electron chi connectivity index (χ0n) is 10.7. The van der Waals surface area contributed by atoms with E-state index in [1.54, 1.807) is 24.3 Å². The van der Waals surface area contributed by atoms with E-state index in [9.17, 15) is 9.59 Å². The molecule has 4 nitrogen and oxygen atoms in total. The van der Waals surface area contributed by atoms with E-state index < -0.39 is 5.97 Å². The lowest BCUT2D eigenvalue weighted by molar-refractivity contribution is -0.136. The molecule has 2 aromatic rings. The zero-order valence-corrected chi connectivity index (χ0v) is 12.2. The molecule has 0 aliphatic rings. The third-order valence-electron chi connectivity index (χ3n) is 2.49. The van der Waals surface area contributed by atoms with Crippen molar-refractivity contribution in [2.24, 2.45) is 0 Å². The van der Waals surface area contributed by atoms with Gasteiger partial charge in [0, 0.05) is 10.6 Å². The highest BCUT2D eigenvalue weighted by molar-refractivity contribution is 6.35. The van der Waals surface area contributed by atoms with Gasteiger partial charge in [0.15, 0.2) is 6.61 Å². The molecule has 6 heteroatoms. The van der Waals surface area contributed by atoms with Crippen molar-refractivity contribution >= 4 is 35.5 Å². The van der Waals surface area contributed by atoms with Crippen LogP contribution in [-0.4, -0.2) is 18.9 Å². The van der Waals surface area contributed by atoms with Crippen molar-refractivity contribution in [3.8, 4) is 11.5 Å². The third kappa shape index (κ3) is 4.48. The molecule has 21 heavy (non-hydrogen) atoms. The van der Waals surface area contributed by atoms with Crippen LogP contribution in [0.3, 0.4) is 0 Å². The molecule has 0 radical (unpaired) electrons. The Kier molecular flexibility index (Phi) is 5.20. The number of halogens is 2. The highest BCUT2D eigenvalue weighted by atomic mass is 35.5. The Morgan fingerprint density at radius 2 is 1.81 bits per heavy atom. The summed E-state index contributed by atoms with van der Waals surface area (Å²) in [5, 5.41) is 0.788. The molecule has 0 spiro atoms. The number of carbonyl (C=O) groups excluding carboxylic acids is 2. The molecule has 0 aliphatic heterocycles. The maximum atomic E-state index is 11.6. The molecular formula is C15H10Cl2O4. The molecule has 0 amide bonds. The second kappa shape index (κ2) is 7.11. The molecule has 108 valence electrons. The van der Waals surface area contributed by atoms with Crippen LogP contribution in [0.15, 0.2) is 42.5 Å². The molecule has 0 fully saturated rings. The van der Waals surface area contributed by atoms with Gasteiger partial charge >= 0.3 is 5.97 Å². The van der Waals surface area contributed by atoms with Crippen LogP contribution in [0.2, 0.25) is 10.0 Å². The van der Waals surface area contributed by atoms with E-state index in [0.717, 1.165) is 0 Å². The maximum Gasteiger partial charge on any atom is 0.349 e. The number of rotatable bonds is 5. The van der Waals surface area contributed by atoms with E-state index in [1.807, 2.05) is 0 Å². The first-order valence-electron chi connectivity index (χ1n) is 5.92. The fourth-order valence-corrected chi connectivity index (χ4v) is 1.97. The van der Waals surface area contributed by atoms with Crippen LogP contribution in [0.25, 0.3) is 0 Å². The van der Waals surface area contributed by atoms with Gasteiger partial charge in [-0.3, -0.25) is 4.79 Å². The van der Waals surface area contributed by atoms with Crippen molar-refractivity contribution in [2.45, 2.75) is 0 Å². The topological polar surface area (TPSA) is 52.6 Å². The number of carbonyl (C=O) groups is 2. The monoisotopic (exact) mass is 324 g/mol. The molecule has 0 aromatic heterocycles. The van der Waals surface area contributed by atoms with Crippen LogP contribution < -0.4 is 9.47 Å². The minimum Gasteiger partial charge on any atom is -0.480 e. The number of ether oxygens (including phenoxy) is 2. The Balaban J connectivity index is 1.90. The summed E-state index contributed by atoms with van der Waals surface area (Å²) in [7, 11) is 0. The maximum absolute atomic E-state index is 11.6. The van der Waals surface area contributed by atoms with Crippen LogP contribution in [0.1, 0.15) is 10.4 Å². The van der Waals surface area contributed by atoms with E-state index in [1.165, 1.54) is 18.2 Å². The first-order valence-corrected chi connectivity index (χ1v) is 6.68. The summed E-state index contributed by atoms with van der Waals surface area (Å²) in [5.41, 5.74) is 0.499. The van der Waals surface area contributed by atoms with Crippen LogP contribution in [0.5, 0.6) is 11.5 Å². The average Bonchev–Trinajstić information content (AvgIpc) is 2.47. The van der Waals surface area contributed by atoms with Crippen molar-refractivity contribution < 1.29 is 19.1 Å². The largest absolute Gasteiger partial charge is 0.480 e. The van der Waals surface area contributed by atoms with Crippen LogP contribution in [0.4, 0.5) is 0 Å². The van der Waals surface area contributed by atoms with Gasteiger partial charge in [-0.25, -0.2) is 4.79 Å². The molecule has 2 rings (SSSR count).